The van der Waals surface area contributed by atoms with Crippen molar-refractivity contribution in [2.75, 3.05) is 25.4 Å². The van der Waals surface area contributed by atoms with Crippen LogP contribution in [0.5, 0.6) is 0 Å². The molecule has 106 valence electrons. The standard InChI is InChI=1S/C13H25NO3S/c1-2-3-4-10-18(15,16)14-8-7-13-12(11-14)6-5-9-17-13/h12-13H,2-11H2,1H3/t12-,13+/m1/s1. The van der Waals surface area contributed by atoms with Crippen molar-refractivity contribution >= 4 is 10.0 Å². The number of rotatable bonds is 5. The van der Waals surface area contributed by atoms with Gasteiger partial charge in [-0.25, -0.2) is 12.7 Å². The Bertz CT molecular complexity index is 355. The quantitative estimate of drug-likeness (QED) is 0.721. The molecule has 0 N–H and O–H groups in total. The van der Waals surface area contributed by atoms with Gasteiger partial charge in [-0.05, 0) is 31.6 Å². The SMILES string of the molecule is CCCCCS(=O)(=O)N1CC[C@@H]2OCCC[C@@H]2C1. The topological polar surface area (TPSA) is 46.6 Å². The Morgan fingerprint density at radius 1 is 1.28 bits per heavy atom. The second-order valence-corrected chi connectivity index (χ2v) is 7.57. The fourth-order valence-corrected chi connectivity index (χ4v) is 4.60. The summed E-state index contributed by atoms with van der Waals surface area (Å²) in [6.45, 7) is 4.27. The summed E-state index contributed by atoms with van der Waals surface area (Å²) >= 11 is 0. The molecule has 0 bridgehead atoms. The molecule has 5 heteroatoms. The first kappa shape index (κ1) is 14.3. The maximum Gasteiger partial charge on any atom is 0.214 e. The molecule has 2 atom stereocenters. The lowest BCUT2D eigenvalue weighted by atomic mass is 9.90. The number of unbranched alkanes of at least 4 members (excludes halogenated alkanes) is 2. The van der Waals surface area contributed by atoms with E-state index in [0.29, 0.717) is 30.9 Å². The summed E-state index contributed by atoms with van der Waals surface area (Å²) in [4.78, 5) is 0. The lowest BCUT2D eigenvalue weighted by Crippen LogP contribution is -2.48. The lowest BCUT2D eigenvalue weighted by molar-refractivity contribution is -0.0534. The summed E-state index contributed by atoms with van der Waals surface area (Å²) in [6, 6.07) is 0. The molecule has 0 radical (unpaired) electrons. The molecule has 2 aliphatic heterocycles. The Balaban J connectivity index is 1.89. The van der Waals surface area contributed by atoms with E-state index in [9.17, 15) is 8.42 Å². The minimum Gasteiger partial charge on any atom is -0.378 e. The van der Waals surface area contributed by atoms with Crippen LogP contribution < -0.4 is 0 Å². The van der Waals surface area contributed by atoms with E-state index in [2.05, 4.69) is 6.92 Å². The smallest absolute Gasteiger partial charge is 0.214 e. The van der Waals surface area contributed by atoms with Crippen molar-refractivity contribution in [3.63, 3.8) is 0 Å². The molecule has 0 amide bonds. The molecule has 0 aliphatic carbocycles. The van der Waals surface area contributed by atoms with E-state index in [1.54, 1.807) is 4.31 Å². The lowest BCUT2D eigenvalue weighted by Gasteiger charge is -2.40. The van der Waals surface area contributed by atoms with Gasteiger partial charge in [0.15, 0.2) is 0 Å². The van der Waals surface area contributed by atoms with Gasteiger partial charge in [0.05, 0.1) is 11.9 Å². The molecule has 0 saturated carbocycles. The average Bonchev–Trinajstić information content (AvgIpc) is 2.38. The van der Waals surface area contributed by atoms with E-state index < -0.39 is 10.0 Å². The van der Waals surface area contributed by atoms with Crippen molar-refractivity contribution in [2.24, 2.45) is 5.92 Å². The third-order valence-electron chi connectivity index (χ3n) is 4.08. The van der Waals surface area contributed by atoms with Gasteiger partial charge < -0.3 is 4.74 Å². The molecule has 18 heavy (non-hydrogen) atoms. The van der Waals surface area contributed by atoms with Crippen molar-refractivity contribution in [1.29, 1.82) is 0 Å². The second kappa shape index (κ2) is 6.35. The zero-order valence-corrected chi connectivity index (χ0v) is 12.1. The predicted octanol–water partition coefficient (Wildman–Crippen LogP) is 2.01. The summed E-state index contributed by atoms with van der Waals surface area (Å²) in [5.74, 6) is 0.743. The van der Waals surface area contributed by atoms with Crippen LogP contribution in [0.4, 0.5) is 0 Å². The van der Waals surface area contributed by atoms with Crippen LogP contribution in [0.25, 0.3) is 0 Å². The van der Waals surface area contributed by atoms with Crippen molar-refractivity contribution in [3.05, 3.63) is 0 Å². The monoisotopic (exact) mass is 275 g/mol. The number of hydrogen-bond donors (Lipinski definition) is 0. The second-order valence-electron chi connectivity index (χ2n) is 5.48. The molecule has 2 fully saturated rings. The van der Waals surface area contributed by atoms with Crippen LogP contribution in [0.2, 0.25) is 0 Å². The summed E-state index contributed by atoms with van der Waals surface area (Å²) in [5.41, 5.74) is 0. The van der Waals surface area contributed by atoms with Crippen LogP contribution >= 0.6 is 0 Å². The highest BCUT2D eigenvalue weighted by Crippen LogP contribution is 2.29. The minimum atomic E-state index is -3.03. The molecule has 0 aromatic heterocycles. The minimum absolute atomic E-state index is 0.306. The van der Waals surface area contributed by atoms with Crippen LogP contribution in [0.1, 0.15) is 45.4 Å². The van der Waals surface area contributed by atoms with E-state index in [1.165, 1.54) is 0 Å². The number of hydrogen-bond acceptors (Lipinski definition) is 3. The van der Waals surface area contributed by atoms with E-state index in [4.69, 9.17) is 4.74 Å². The molecule has 2 heterocycles. The molecule has 4 nitrogen and oxygen atoms in total. The number of fused-ring (bicyclic) bond motifs is 1. The van der Waals surface area contributed by atoms with E-state index in [0.717, 1.165) is 45.1 Å². The van der Waals surface area contributed by atoms with Crippen LogP contribution in [0, 0.1) is 5.92 Å². The maximum atomic E-state index is 12.2. The fourth-order valence-electron chi connectivity index (χ4n) is 2.97. The van der Waals surface area contributed by atoms with Crippen LogP contribution in [0.3, 0.4) is 0 Å². The highest BCUT2D eigenvalue weighted by atomic mass is 32.2. The van der Waals surface area contributed by atoms with E-state index in [-0.39, 0.29) is 0 Å². The summed E-state index contributed by atoms with van der Waals surface area (Å²) in [7, 11) is -3.03. The highest BCUT2D eigenvalue weighted by Gasteiger charge is 2.36. The van der Waals surface area contributed by atoms with Gasteiger partial charge in [0.1, 0.15) is 0 Å². The Labute approximate surface area is 111 Å². The van der Waals surface area contributed by atoms with E-state index in [1.807, 2.05) is 0 Å². The normalized spacial score (nSPS) is 30.1. The van der Waals surface area contributed by atoms with Crippen molar-refractivity contribution in [1.82, 2.24) is 4.31 Å². The van der Waals surface area contributed by atoms with Crippen molar-refractivity contribution < 1.29 is 13.2 Å². The van der Waals surface area contributed by atoms with Gasteiger partial charge >= 0.3 is 0 Å². The molecule has 2 rings (SSSR count). The number of piperidine rings is 1. The van der Waals surface area contributed by atoms with Gasteiger partial charge in [-0.3, -0.25) is 0 Å². The van der Waals surface area contributed by atoms with Gasteiger partial charge in [-0.2, -0.15) is 0 Å². The zero-order chi connectivity index (χ0) is 13.0. The Morgan fingerprint density at radius 2 is 2.11 bits per heavy atom. The molecule has 2 saturated heterocycles. The van der Waals surface area contributed by atoms with Crippen molar-refractivity contribution in [3.8, 4) is 0 Å². The molecule has 0 aromatic carbocycles. The largest absolute Gasteiger partial charge is 0.378 e. The van der Waals surface area contributed by atoms with Gasteiger partial charge in [-0.1, -0.05) is 19.8 Å². The molecular weight excluding hydrogens is 250 g/mol. The summed E-state index contributed by atoms with van der Waals surface area (Å²) in [6.07, 6.45) is 6.23. The summed E-state index contributed by atoms with van der Waals surface area (Å²) in [5, 5.41) is 0. The first-order chi connectivity index (χ1) is 8.63. The molecule has 0 spiro atoms. The van der Waals surface area contributed by atoms with Crippen LogP contribution in [0.15, 0.2) is 0 Å². The van der Waals surface area contributed by atoms with Crippen molar-refractivity contribution in [2.45, 2.75) is 51.6 Å². The number of nitrogens with zero attached hydrogens (tertiary/aromatic N) is 1. The zero-order valence-electron chi connectivity index (χ0n) is 11.3. The van der Waals surface area contributed by atoms with Gasteiger partial charge in [-0.15, -0.1) is 0 Å². The Morgan fingerprint density at radius 3 is 2.89 bits per heavy atom. The molecule has 0 aromatic rings. The Hall–Kier alpha value is -0.130. The van der Waals surface area contributed by atoms with Gasteiger partial charge in [0.25, 0.3) is 0 Å². The van der Waals surface area contributed by atoms with E-state index >= 15 is 0 Å². The first-order valence-electron chi connectivity index (χ1n) is 7.23. The third kappa shape index (κ3) is 3.45. The molecule has 2 aliphatic rings. The predicted molar refractivity (Wildman–Crippen MR) is 72.0 cm³/mol. The molecular formula is C13H25NO3S. The average molecular weight is 275 g/mol. The number of ether oxygens (including phenoxy) is 1. The van der Waals surface area contributed by atoms with Gasteiger partial charge in [0, 0.05) is 19.7 Å². The van der Waals surface area contributed by atoms with Crippen LogP contribution in [-0.2, 0) is 14.8 Å². The van der Waals surface area contributed by atoms with Crippen LogP contribution in [-0.4, -0.2) is 44.3 Å². The first-order valence-corrected chi connectivity index (χ1v) is 8.84. The summed E-state index contributed by atoms with van der Waals surface area (Å²) < 4.78 is 31.9. The Kier molecular flexibility index (Phi) is 5.04. The third-order valence-corrected chi connectivity index (χ3v) is 6.00. The number of sulfonamides is 1. The molecule has 0 unspecified atom stereocenters. The fraction of sp³-hybridized carbons (Fsp3) is 1.00. The maximum absolute atomic E-state index is 12.2. The highest BCUT2D eigenvalue weighted by molar-refractivity contribution is 7.89. The van der Waals surface area contributed by atoms with Gasteiger partial charge in [0.2, 0.25) is 10.0 Å².